The number of hydrogen-bond donors (Lipinski definition) is 1. The summed E-state index contributed by atoms with van der Waals surface area (Å²) in [4.78, 5) is 12.3. The Bertz CT molecular complexity index is 564. The molecule has 114 valence electrons. The standard InChI is InChI=1S/C17H22O4/c1-17(2)11-5-6-12(17)14(9-11)21-16(19)10-4-7-13(18)15(8-10)20-3/h4,7-8,11-12,14,18H,5-6,9H2,1-3H3/t11-,12+,14+/m0/s1. The minimum Gasteiger partial charge on any atom is -0.504 e. The van der Waals surface area contributed by atoms with Crippen LogP contribution >= 0.6 is 0 Å². The molecule has 0 unspecified atom stereocenters. The largest absolute Gasteiger partial charge is 0.504 e. The highest BCUT2D eigenvalue weighted by Crippen LogP contribution is 2.58. The van der Waals surface area contributed by atoms with Crippen molar-refractivity contribution >= 4 is 5.97 Å². The normalized spacial score (nSPS) is 29.4. The Morgan fingerprint density at radius 2 is 2.10 bits per heavy atom. The van der Waals surface area contributed by atoms with Crippen LogP contribution in [0.3, 0.4) is 0 Å². The number of ether oxygens (including phenoxy) is 2. The summed E-state index contributed by atoms with van der Waals surface area (Å²) in [5.41, 5.74) is 0.697. The first-order chi connectivity index (χ1) is 9.93. The van der Waals surface area contributed by atoms with Gasteiger partial charge in [0.25, 0.3) is 0 Å². The second-order valence-electron chi connectivity index (χ2n) is 6.77. The molecule has 1 N–H and O–H groups in total. The first-order valence-corrected chi connectivity index (χ1v) is 7.51. The molecule has 0 saturated heterocycles. The molecule has 2 bridgehead atoms. The van der Waals surface area contributed by atoms with E-state index in [0.29, 0.717) is 17.4 Å². The second kappa shape index (κ2) is 4.93. The van der Waals surface area contributed by atoms with E-state index in [9.17, 15) is 9.90 Å². The molecule has 0 radical (unpaired) electrons. The minimum absolute atomic E-state index is 0.0195. The molecule has 1 aromatic rings. The predicted octanol–water partition coefficient (Wildman–Crippen LogP) is 3.38. The van der Waals surface area contributed by atoms with Crippen molar-refractivity contribution in [2.24, 2.45) is 17.3 Å². The predicted molar refractivity (Wildman–Crippen MR) is 78.5 cm³/mol. The van der Waals surface area contributed by atoms with Crippen molar-refractivity contribution in [1.29, 1.82) is 0 Å². The van der Waals surface area contributed by atoms with Gasteiger partial charge in [-0.1, -0.05) is 13.8 Å². The molecule has 2 aliphatic rings. The highest BCUT2D eigenvalue weighted by Gasteiger charge is 2.54. The lowest BCUT2D eigenvalue weighted by atomic mass is 9.82. The van der Waals surface area contributed by atoms with E-state index < -0.39 is 0 Å². The fourth-order valence-corrected chi connectivity index (χ4v) is 4.10. The van der Waals surface area contributed by atoms with Gasteiger partial charge in [-0.05, 0) is 48.8 Å². The van der Waals surface area contributed by atoms with E-state index in [2.05, 4.69) is 13.8 Å². The van der Waals surface area contributed by atoms with Gasteiger partial charge in [-0.2, -0.15) is 0 Å². The number of methoxy groups -OCH3 is 1. The summed E-state index contributed by atoms with van der Waals surface area (Å²) in [5.74, 6) is 1.11. The fourth-order valence-electron chi connectivity index (χ4n) is 4.10. The Morgan fingerprint density at radius 1 is 1.33 bits per heavy atom. The average Bonchev–Trinajstić information content (AvgIpc) is 2.87. The van der Waals surface area contributed by atoms with Crippen LogP contribution in [0, 0.1) is 17.3 Å². The first kappa shape index (κ1) is 14.2. The van der Waals surface area contributed by atoms with Gasteiger partial charge in [0, 0.05) is 5.92 Å². The molecule has 4 heteroatoms. The van der Waals surface area contributed by atoms with Crippen molar-refractivity contribution in [3.63, 3.8) is 0 Å². The van der Waals surface area contributed by atoms with Gasteiger partial charge in [-0.3, -0.25) is 0 Å². The molecule has 3 rings (SSSR count). The minimum atomic E-state index is -0.332. The zero-order chi connectivity index (χ0) is 15.2. The van der Waals surface area contributed by atoms with E-state index in [1.807, 2.05) is 0 Å². The third-order valence-electron chi connectivity index (χ3n) is 5.47. The monoisotopic (exact) mass is 290 g/mol. The Morgan fingerprint density at radius 3 is 2.67 bits per heavy atom. The number of aromatic hydroxyl groups is 1. The number of carbonyl (C=O) groups is 1. The summed E-state index contributed by atoms with van der Waals surface area (Å²) in [5, 5.41) is 9.58. The average molecular weight is 290 g/mol. The van der Waals surface area contributed by atoms with Gasteiger partial charge in [0.2, 0.25) is 0 Å². The number of fused-ring (bicyclic) bond motifs is 2. The summed E-state index contributed by atoms with van der Waals surface area (Å²) < 4.78 is 10.8. The van der Waals surface area contributed by atoms with Crippen molar-refractivity contribution in [2.75, 3.05) is 7.11 Å². The van der Waals surface area contributed by atoms with Gasteiger partial charge in [-0.15, -0.1) is 0 Å². The number of benzene rings is 1. The molecule has 0 heterocycles. The van der Waals surface area contributed by atoms with E-state index in [4.69, 9.17) is 9.47 Å². The Labute approximate surface area is 125 Å². The molecular formula is C17H22O4. The van der Waals surface area contributed by atoms with E-state index >= 15 is 0 Å². The zero-order valence-electron chi connectivity index (χ0n) is 12.8. The number of phenolic OH excluding ortho intramolecular Hbond substituents is 1. The van der Waals surface area contributed by atoms with Crippen LogP contribution in [0.2, 0.25) is 0 Å². The summed E-state index contributed by atoms with van der Waals surface area (Å²) in [6.07, 6.45) is 3.39. The second-order valence-corrected chi connectivity index (χ2v) is 6.77. The highest BCUT2D eigenvalue weighted by molar-refractivity contribution is 5.90. The van der Waals surface area contributed by atoms with E-state index in [1.54, 1.807) is 6.07 Å². The third kappa shape index (κ3) is 2.27. The number of phenols is 1. The lowest BCUT2D eigenvalue weighted by Gasteiger charge is -2.26. The van der Waals surface area contributed by atoms with E-state index in [1.165, 1.54) is 25.7 Å². The molecular weight excluding hydrogens is 268 g/mol. The van der Waals surface area contributed by atoms with Gasteiger partial charge >= 0.3 is 5.97 Å². The van der Waals surface area contributed by atoms with Gasteiger partial charge in [-0.25, -0.2) is 4.79 Å². The van der Waals surface area contributed by atoms with Crippen LogP contribution in [-0.4, -0.2) is 24.3 Å². The first-order valence-electron chi connectivity index (χ1n) is 7.51. The van der Waals surface area contributed by atoms with E-state index in [-0.39, 0.29) is 29.0 Å². The molecule has 21 heavy (non-hydrogen) atoms. The van der Waals surface area contributed by atoms with Crippen LogP contribution in [0.25, 0.3) is 0 Å². The van der Waals surface area contributed by atoms with Crippen molar-refractivity contribution in [3.8, 4) is 11.5 Å². The van der Waals surface area contributed by atoms with Gasteiger partial charge in [0.15, 0.2) is 11.5 Å². The van der Waals surface area contributed by atoms with Crippen LogP contribution in [-0.2, 0) is 4.74 Å². The molecule has 0 spiro atoms. The zero-order valence-corrected chi connectivity index (χ0v) is 12.8. The van der Waals surface area contributed by atoms with Gasteiger partial charge < -0.3 is 14.6 Å². The van der Waals surface area contributed by atoms with Crippen molar-refractivity contribution < 1.29 is 19.4 Å². The Balaban J connectivity index is 1.73. The maximum absolute atomic E-state index is 12.3. The molecule has 2 saturated carbocycles. The summed E-state index contributed by atoms with van der Waals surface area (Å²) in [7, 11) is 1.46. The SMILES string of the molecule is COc1cc(C(=O)O[C@@H]2C[C@@H]3CC[C@H]2C3(C)C)ccc1O. The number of rotatable bonds is 3. The lowest BCUT2D eigenvalue weighted by molar-refractivity contribution is 0.0111. The van der Waals surface area contributed by atoms with Crippen molar-refractivity contribution in [2.45, 2.75) is 39.2 Å². The number of hydrogen-bond acceptors (Lipinski definition) is 4. The Hall–Kier alpha value is -1.71. The van der Waals surface area contributed by atoms with Crippen LogP contribution in [0.1, 0.15) is 43.5 Å². The van der Waals surface area contributed by atoms with Crippen LogP contribution in [0.4, 0.5) is 0 Å². The molecule has 1 aromatic carbocycles. The summed E-state index contributed by atoms with van der Waals surface area (Å²) in [6, 6.07) is 4.55. The quantitative estimate of drug-likeness (QED) is 0.867. The Kier molecular flexibility index (Phi) is 3.34. The van der Waals surface area contributed by atoms with Crippen molar-refractivity contribution in [3.05, 3.63) is 23.8 Å². The molecule has 2 fully saturated rings. The van der Waals surface area contributed by atoms with Gasteiger partial charge in [0.1, 0.15) is 6.10 Å². The van der Waals surface area contributed by atoms with E-state index in [0.717, 1.165) is 12.8 Å². The van der Waals surface area contributed by atoms with Gasteiger partial charge in [0.05, 0.1) is 12.7 Å². The maximum Gasteiger partial charge on any atom is 0.338 e. The van der Waals surface area contributed by atoms with Crippen LogP contribution < -0.4 is 4.74 Å². The molecule has 3 atom stereocenters. The third-order valence-corrected chi connectivity index (χ3v) is 5.47. The molecule has 0 amide bonds. The molecule has 4 nitrogen and oxygen atoms in total. The summed E-state index contributed by atoms with van der Waals surface area (Å²) in [6.45, 7) is 4.57. The van der Waals surface area contributed by atoms with Crippen LogP contribution in [0.15, 0.2) is 18.2 Å². The molecule has 2 aliphatic carbocycles. The summed E-state index contributed by atoms with van der Waals surface area (Å²) >= 11 is 0. The van der Waals surface area contributed by atoms with Crippen molar-refractivity contribution in [1.82, 2.24) is 0 Å². The maximum atomic E-state index is 12.3. The molecule has 0 aliphatic heterocycles. The smallest absolute Gasteiger partial charge is 0.338 e. The molecule has 0 aromatic heterocycles. The van der Waals surface area contributed by atoms with Crippen LogP contribution in [0.5, 0.6) is 11.5 Å². The number of carbonyl (C=O) groups excluding carboxylic acids is 1. The number of esters is 1. The lowest BCUT2D eigenvalue weighted by Crippen LogP contribution is -2.27. The topological polar surface area (TPSA) is 55.8 Å². The highest BCUT2D eigenvalue weighted by atomic mass is 16.5. The fraction of sp³-hybridized carbons (Fsp3) is 0.588.